The molecule has 0 aliphatic carbocycles. The Bertz CT molecular complexity index is 695. The average Bonchev–Trinajstić information content (AvgIpc) is 2.88. The van der Waals surface area contributed by atoms with Crippen LogP contribution in [0.1, 0.15) is 39.3 Å². The Balaban J connectivity index is 1.91. The summed E-state index contributed by atoms with van der Waals surface area (Å²) in [5.74, 6) is -0.260. The molecule has 1 atom stereocenters. The van der Waals surface area contributed by atoms with Gasteiger partial charge in [-0.2, -0.15) is 5.10 Å². The number of hydrogen-bond donors (Lipinski definition) is 1. The van der Waals surface area contributed by atoms with Crippen molar-refractivity contribution in [3.05, 3.63) is 46.4 Å². The summed E-state index contributed by atoms with van der Waals surface area (Å²) in [6, 6.07) is 6.29. The molecule has 0 saturated carbocycles. The second-order valence-electron chi connectivity index (χ2n) is 6.56. The Morgan fingerprint density at radius 2 is 1.92 bits per heavy atom. The van der Waals surface area contributed by atoms with Crippen molar-refractivity contribution in [1.82, 2.24) is 14.5 Å². The van der Waals surface area contributed by atoms with E-state index >= 15 is 0 Å². The summed E-state index contributed by atoms with van der Waals surface area (Å²) in [6.45, 7) is 6.57. The van der Waals surface area contributed by atoms with Crippen molar-refractivity contribution in [3.8, 4) is 5.69 Å². The van der Waals surface area contributed by atoms with Crippen molar-refractivity contribution in [1.29, 1.82) is 0 Å². The molecule has 132 valence electrons. The molecule has 0 amide bonds. The summed E-state index contributed by atoms with van der Waals surface area (Å²) in [4.78, 5) is 0. The van der Waals surface area contributed by atoms with Gasteiger partial charge in [-0.1, -0.05) is 0 Å². The number of rotatable bonds is 7. The molecule has 24 heavy (non-hydrogen) atoms. The highest BCUT2D eigenvalue weighted by molar-refractivity contribution is 9.10. The van der Waals surface area contributed by atoms with Crippen LogP contribution in [0.3, 0.4) is 0 Å². The van der Waals surface area contributed by atoms with Crippen LogP contribution in [0.4, 0.5) is 4.39 Å². The molecule has 7 heteroatoms. The molecule has 0 fully saturated rings. The average molecular weight is 416 g/mol. The van der Waals surface area contributed by atoms with Gasteiger partial charge in [0.15, 0.2) is 0 Å². The fourth-order valence-electron chi connectivity index (χ4n) is 2.18. The summed E-state index contributed by atoms with van der Waals surface area (Å²) < 4.78 is 30.6. The summed E-state index contributed by atoms with van der Waals surface area (Å²) in [7, 11) is -1.03. The molecule has 4 nitrogen and oxygen atoms in total. The molecule has 0 spiro atoms. The van der Waals surface area contributed by atoms with Crippen molar-refractivity contribution in [2.75, 3.05) is 6.54 Å². The van der Waals surface area contributed by atoms with Crippen LogP contribution in [0.25, 0.3) is 5.69 Å². The number of unbranched alkanes of at least 4 members (excludes halogenated alkanes) is 1. The standard InChI is InChI=1S/C17H23BrFN3OS/c1-17(2,3)24(23)21-11-5-4-6-16-15(18)12-20-22(16)14-9-7-13(19)8-10-14/h7-10,12,21H,4-6,11H2,1-3H3. The van der Waals surface area contributed by atoms with Gasteiger partial charge in [0.1, 0.15) is 5.82 Å². The highest BCUT2D eigenvalue weighted by Crippen LogP contribution is 2.22. The van der Waals surface area contributed by atoms with Crippen molar-refractivity contribution >= 4 is 26.9 Å². The van der Waals surface area contributed by atoms with E-state index in [4.69, 9.17) is 0 Å². The van der Waals surface area contributed by atoms with Gasteiger partial charge in [0.2, 0.25) is 0 Å². The van der Waals surface area contributed by atoms with Gasteiger partial charge < -0.3 is 0 Å². The molecular formula is C17H23BrFN3OS. The summed E-state index contributed by atoms with van der Waals surface area (Å²) in [5.41, 5.74) is 1.89. The van der Waals surface area contributed by atoms with Crippen LogP contribution in [0, 0.1) is 5.82 Å². The lowest BCUT2D eigenvalue weighted by Crippen LogP contribution is -2.33. The van der Waals surface area contributed by atoms with E-state index in [2.05, 4.69) is 25.8 Å². The number of halogens is 2. The first kappa shape index (κ1) is 19.3. The highest BCUT2D eigenvalue weighted by atomic mass is 79.9. The SMILES string of the molecule is CC(C)(C)S(=O)NCCCCc1c(Br)cnn1-c1ccc(F)cc1. The number of benzene rings is 1. The fourth-order valence-corrected chi connectivity index (χ4v) is 3.40. The van der Waals surface area contributed by atoms with Crippen LogP contribution in [0.5, 0.6) is 0 Å². The Morgan fingerprint density at radius 3 is 2.54 bits per heavy atom. The molecular weight excluding hydrogens is 393 g/mol. The van der Waals surface area contributed by atoms with Crippen LogP contribution in [0.2, 0.25) is 0 Å². The smallest absolute Gasteiger partial charge is 0.123 e. The first-order chi connectivity index (χ1) is 11.3. The predicted octanol–water partition coefficient (Wildman–Crippen LogP) is 4.15. The zero-order valence-electron chi connectivity index (χ0n) is 14.2. The topological polar surface area (TPSA) is 46.9 Å². The fraction of sp³-hybridized carbons (Fsp3) is 0.471. The Labute approximate surface area is 153 Å². The minimum atomic E-state index is -1.03. The molecule has 0 bridgehead atoms. The molecule has 1 unspecified atom stereocenters. The van der Waals surface area contributed by atoms with Gasteiger partial charge in [-0.3, -0.25) is 0 Å². The second kappa shape index (κ2) is 8.36. The monoisotopic (exact) mass is 415 g/mol. The lowest BCUT2D eigenvalue weighted by Gasteiger charge is -2.18. The summed E-state index contributed by atoms with van der Waals surface area (Å²) in [5, 5.41) is 4.36. The van der Waals surface area contributed by atoms with E-state index in [-0.39, 0.29) is 10.6 Å². The van der Waals surface area contributed by atoms with Crippen molar-refractivity contribution in [3.63, 3.8) is 0 Å². The van der Waals surface area contributed by atoms with Crippen molar-refractivity contribution in [2.24, 2.45) is 0 Å². The number of aromatic nitrogens is 2. The van der Waals surface area contributed by atoms with Crippen LogP contribution in [0.15, 0.2) is 34.9 Å². The van der Waals surface area contributed by atoms with E-state index in [9.17, 15) is 8.60 Å². The number of nitrogens with one attached hydrogen (secondary N) is 1. The third-order valence-corrected chi connectivity index (χ3v) is 5.76. The molecule has 1 N–H and O–H groups in total. The molecule has 1 aromatic heterocycles. The minimum Gasteiger partial charge on any atom is -0.242 e. The van der Waals surface area contributed by atoms with Crippen LogP contribution in [-0.4, -0.2) is 25.3 Å². The molecule has 0 saturated heterocycles. The van der Waals surface area contributed by atoms with Crippen LogP contribution >= 0.6 is 15.9 Å². The number of hydrogen-bond acceptors (Lipinski definition) is 2. The Hall–Kier alpha value is -1.05. The minimum absolute atomic E-state index is 0.246. The lowest BCUT2D eigenvalue weighted by molar-refractivity contribution is 0.622. The third-order valence-electron chi connectivity index (χ3n) is 3.52. The first-order valence-corrected chi connectivity index (χ1v) is 9.87. The van der Waals surface area contributed by atoms with Crippen LogP contribution < -0.4 is 4.72 Å². The van der Waals surface area contributed by atoms with Gasteiger partial charge in [0, 0.05) is 6.54 Å². The first-order valence-electron chi connectivity index (χ1n) is 7.93. The maximum Gasteiger partial charge on any atom is 0.123 e. The van der Waals surface area contributed by atoms with Gasteiger partial charge >= 0.3 is 0 Å². The molecule has 2 aromatic rings. The third kappa shape index (κ3) is 5.22. The van der Waals surface area contributed by atoms with E-state index < -0.39 is 11.0 Å². The van der Waals surface area contributed by atoms with Gasteiger partial charge in [-0.05, 0) is 80.2 Å². The molecule has 1 aromatic carbocycles. The van der Waals surface area contributed by atoms with Crippen molar-refractivity contribution in [2.45, 2.75) is 44.8 Å². The van der Waals surface area contributed by atoms with Gasteiger partial charge in [0.25, 0.3) is 0 Å². The lowest BCUT2D eigenvalue weighted by atomic mass is 10.2. The molecule has 1 heterocycles. The summed E-state index contributed by atoms with van der Waals surface area (Å²) in [6.07, 6.45) is 4.45. The van der Waals surface area contributed by atoms with E-state index in [1.165, 1.54) is 12.1 Å². The Kier molecular flexibility index (Phi) is 6.71. The second-order valence-corrected chi connectivity index (χ2v) is 9.47. The largest absolute Gasteiger partial charge is 0.242 e. The van der Waals surface area contributed by atoms with E-state index in [0.717, 1.165) is 35.1 Å². The molecule has 0 aliphatic rings. The van der Waals surface area contributed by atoms with Gasteiger partial charge in [0.05, 0.1) is 37.8 Å². The summed E-state index contributed by atoms with van der Waals surface area (Å²) >= 11 is 3.53. The molecule has 0 radical (unpaired) electrons. The quantitative estimate of drug-likeness (QED) is 0.690. The maximum atomic E-state index is 13.1. The maximum absolute atomic E-state index is 13.1. The van der Waals surface area contributed by atoms with E-state index in [1.54, 1.807) is 18.3 Å². The van der Waals surface area contributed by atoms with E-state index in [0.29, 0.717) is 6.54 Å². The normalized spacial score (nSPS) is 13.2. The van der Waals surface area contributed by atoms with Crippen molar-refractivity contribution < 1.29 is 8.60 Å². The van der Waals surface area contributed by atoms with Gasteiger partial charge in [-0.15, -0.1) is 0 Å². The Morgan fingerprint density at radius 1 is 1.25 bits per heavy atom. The van der Waals surface area contributed by atoms with E-state index in [1.807, 2.05) is 25.5 Å². The molecule has 0 aliphatic heterocycles. The van der Waals surface area contributed by atoms with Gasteiger partial charge in [-0.25, -0.2) is 18.0 Å². The zero-order valence-corrected chi connectivity index (χ0v) is 16.6. The zero-order chi connectivity index (χ0) is 17.7. The molecule has 2 rings (SSSR count). The highest BCUT2D eigenvalue weighted by Gasteiger charge is 2.18. The predicted molar refractivity (Wildman–Crippen MR) is 100 cm³/mol. The van der Waals surface area contributed by atoms with Crippen LogP contribution in [-0.2, 0) is 17.4 Å². The number of nitrogens with zero attached hydrogens (tertiary/aromatic N) is 2.